The maximum absolute atomic E-state index is 13.1. The number of hydrogen-bond donors (Lipinski definition) is 2. The van der Waals surface area contributed by atoms with Crippen LogP contribution in [0.2, 0.25) is 10.0 Å². The number of aromatic nitrogens is 4. The molecule has 17 heteroatoms. The third-order valence-corrected chi connectivity index (χ3v) is 10.3. The molecule has 0 bridgehead atoms. The van der Waals surface area contributed by atoms with Crippen molar-refractivity contribution in [3.8, 4) is 45.1 Å². The maximum Gasteiger partial charge on any atom is 0.435 e. The van der Waals surface area contributed by atoms with Gasteiger partial charge in [-0.05, 0) is 66.7 Å². The molecule has 2 aromatic heterocycles. The van der Waals surface area contributed by atoms with E-state index >= 15 is 0 Å². The van der Waals surface area contributed by atoms with Gasteiger partial charge < -0.3 is 0 Å². The average molecular weight is 812 g/mol. The Morgan fingerprint density at radius 2 is 1.02 bits per heavy atom. The molecule has 276 valence electrons. The molecule has 0 unspecified atom stereocenters. The van der Waals surface area contributed by atoms with Crippen LogP contribution in [0.5, 0.6) is 0 Å². The summed E-state index contributed by atoms with van der Waals surface area (Å²) in [6.07, 6.45) is -4.63. The summed E-state index contributed by atoms with van der Waals surface area (Å²) in [4.78, 5) is -0.114. The van der Waals surface area contributed by atoms with Crippen LogP contribution in [0.25, 0.3) is 45.1 Å². The second kappa shape index (κ2) is 15.2. The van der Waals surface area contributed by atoms with Crippen molar-refractivity contribution in [3.63, 3.8) is 0 Å². The van der Waals surface area contributed by atoms with Crippen LogP contribution in [0.1, 0.15) is 5.69 Å². The first-order valence-corrected chi connectivity index (χ1v) is 19.4. The number of nitrogens with two attached hydrogens (primary N) is 2. The van der Waals surface area contributed by atoms with Crippen molar-refractivity contribution in [1.82, 2.24) is 19.6 Å². The van der Waals surface area contributed by atoms with Crippen LogP contribution in [-0.4, -0.2) is 36.4 Å². The minimum absolute atomic E-state index is 0.0408. The molecule has 54 heavy (non-hydrogen) atoms. The normalized spacial score (nSPS) is 11.9. The van der Waals surface area contributed by atoms with Gasteiger partial charge in [-0.15, -0.1) is 0 Å². The highest BCUT2D eigenvalue weighted by Gasteiger charge is 2.35. The van der Waals surface area contributed by atoms with Crippen LogP contribution in [0, 0.1) is 0 Å². The Hall–Kier alpha value is -5.29. The standard InChI is InChI=1S/C21H16ClN3O2S.C16H11ClF3N3O2S/c22-19-20(15-7-3-1-4-8-15)24-25(21(19)16-9-5-2-6-10-16)17-11-13-18(14-12-17)28(23,26)27;17-11-3-1-10(2-4-11)14-9-15(16(18,19)20)22-23(14)12-5-7-13(8-6-12)26(21,24)25/h1-14H,(H2,23,26,27);1-9H,(H2,21,24,25). The fraction of sp³-hybridized carbons (Fsp3) is 0.0270. The predicted molar refractivity (Wildman–Crippen MR) is 201 cm³/mol. The average Bonchev–Trinajstić information content (AvgIpc) is 3.75. The summed E-state index contributed by atoms with van der Waals surface area (Å²) in [5, 5.41) is 19.5. The third-order valence-electron chi connectivity index (χ3n) is 7.88. The highest BCUT2D eigenvalue weighted by molar-refractivity contribution is 7.89. The molecule has 0 fully saturated rings. The SMILES string of the molecule is NS(=O)(=O)c1ccc(-n2nc(-c3ccccc3)c(Cl)c2-c2ccccc2)cc1.NS(=O)(=O)c1ccc(-n2nc(C(F)(F)F)cc2-c2ccc(Cl)cc2)cc1. The van der Waals surface area contributed by atoms with Crippen molar-refractivity contribution >= 4 is 43.2 Å². The Kier molecular flexibility index (Phi) is 10.8. The second-order valence-corrected chi connectivity index (χ2v) is 15.5. The first-order valence-electron chi connectivity index (χ1n) is 15.6. The van der Waals surface area contributed by atoms with E-state index in [1.165, 1.54) is 36.4 Å². The zero-order chi connectivity index (χ0) is 38.8. The highest BCUT2D eigenvalue weighted by atomic mass is 35.5. The second-order valence-electron chi connectivity index (χ2n) is 11.6. The molecule has 0 amide bonds. The Balaban J connectivity index is 0.000000185. The lowest BCUT2D eigenvalue weighted by molar-refractivity contribution is -0.141. The molecule has 0 atom stereocenters. The molecule has 0 aliphatic heterocycles. The molecule has 0 spiro atoms. The van der Waals surface area contributed by atoms with Gasteiger partial charge in [0.15, 0.2) is 5.69 Å². The first-order chi connectivity index (χ1) is 25.5. The summed E-state index contributed by atoms with van der Waals surface area (Å²) in [7, 11) is -7.68. The summed E-state index contributed by atoms with van der Waals surface area (Å²) >= 11 is 12.6. The monoisotopic (exact) mass is 810 g/mol. The molecular formula is C37H27Cl2F3N6O4S2. The van der Waals surface area contributed by atoms with E-state index in [0.29, 0.717) is 27.0 Å². The van der Waals surface area contributed by atoms with Gasteiger partial charge in [-0.1, -0.05) is 96.0 Å². The van der Waals surface area contributed by atoms with E-state index in [2.05, 4.69) is 5.10 Å². The number of benzene rings is 5. The van der Waals surface area contributed by atoms with E-state index in [1.807, 2.05) is 60.7 Å². The Bertz CT molecular complexity index is 2640. The van der Waals surface area contributed by atoms with Crippen molar-refractivity contribution in [1.29, 1.82) is 0 Å². The molecular weight excluding hydrogens is 784 g/mol. The molecule has 7 aromatic rings. The van der Waals surface area contributed by atoms with E-state index in [1.54, 1.807) is 41.1 Å². The van der Waals surface area contributed by atoms with Crippen LogP contribution < -0.4 is 10.3 Å². The number of rotatable bonds is 7. The summed E-state index contributed by atoms with van der Waals surface area (Å²) in [5.74, 6) is 0. The Morgan fingerprint density at radius 1 is 0.556 bits per heavy atom. The largest absolute Gasteiger partial charge is 0.435 e. The minimum Gasteiger partial charge on any atom is -0.233 e. The molecule has 4 N–H and O–H groups in total. The zero-order valence-corrected chi connectivity index (χ0v) is 30.7. The van der Waals surface area contributed by atoms with Crippen molar-refractivity contribution in [2.45, 2.75) is 16.0 Å². The highest BCUT2D eigenvalue weighted by Crippen LogP contribution is 2.38. The molecule has 0 aliphatic rings. The van der Waals surface area contributed by atoms with Gasteiger partial charge in [0, 0.05) is 21.7 Å². The zero-order valence-electron chi connectivity index (χ0n) is 27.6. The summed E-state index contributed by atoms with van der Waals surface area (Å²) in [6, 6.07) is 37.8. The molecule has 7 rings (SSSR count). The van der Waals surface area contributed by atoms with Crippen molar-refractivity contribution < 1.29 is 30.0 Å². The van der Waals surface area contributed by atoms with E-state index in [-0.39, 0.29) is 21.2 Å². The van der Waals surface area contributed by atoms with E-state index in [9.17, 15) is 30.0 Å². The number of halogens is 5. The Labute approximate surface area is 318 Å². The lowest BCUT2D eigenvalue weighted by Crippen LogP contribution is -2.12. The van der Waals surface area contributed by atoms with E-state index < -0.39 is 31.9 Å². The maximum atomic E-state index is 13.1. The van der Waals surface area contributed by atoms with E-state index in [4.69, 9.17) is 38.6 Å². The fourth-order valence-electron chi connectivity index (χ4n) is 5.31. The fourth-order valence-corrected chi connectivity index (χ4v) is 6.80. The number of alkyl halides is 3. The van der Waals surface area contributed by atoms with Gasteiger partial charge >= 0.3 is 6.18 Å². The molecule has 2 heterocycles. The third kappa shape index (κ3) is 8.57. The van der Waals surface area contributed by atoms with Gasteiger partial charge in [0.1, 0.15) is 5.69 Å². The molecule has 0 saturated heterocycles. The van der Waals surface area contributed by atoms with Gasteiger partial charge in [-0.3, -0.25) is 0 Å². The number of nitrogens with zero attached hydrogens (tertiary/aromatic N) is 4. The van der Waals surface area contributed by atoms with Crippen LogP contribution in [0.15, 0.2) is 149 Å². The van der Waals surface area contributed by atoms with E-state index in [0.717, 1.165) is 27.6 Å². The van der Waals surface area contributed by atoms with Gasteiger partial charge in [0.2, 0.25) is 20.0 Å². The van der Waals surface area contributed by atoms with Gasteiger partial charge in [-0.2, -0.15) is 23.4 Å². The molecule has 10 nitrogen and oxygen atoms in total. The van der Waals surface area contributed by atoms with Crippen molar-refractivity contribution in [3.05, 3.63) is 155 Å². The topological polar surface area (TPSA) is 156 Å². The van der Waals surface area contributed by atoms with Crippen LogP contribution >= 0.6 is 23.2 Å². The van der Waals surface area contributed by atoms with Crippen LogP contribution in [-0.2, 0) is 26.2 Å². The summed E-state index contributed by atoms with van der Waals surface area (Å²) in [5.41, 5.74) is 3.67. The summed E-state index contributed by atoms with van der Waals surface area (Å²) in [6.45, 7) is 0. The van der Waals surface area contributed by atoms with Gasteiger partial charge in [0.05, 0.1) is 37.6 Å². The number of primary sulfonamides is 2. The smallest absolute Gasteiger partial charge is 0.233 e. The Morgan fingerprint density at radius 3 is 1.48 bits per heavy atom. The predicted octanol–water partition coefficient (Wildman–Crippen LogP) is 8.37. The molecule has 0 saturated carbocycles. The lowest BCUT2D eigenvalue weighted by Gasteiger charge is -2.09. The minimum atomic E-state index is -4.63. The lowest BCUT2D eigenvalue weighted by atomic mass is 10.1. The molecule has 0 radical (unpaired) electrons. The van der Waals surface area contributed by atoms with Gasteiger partial charge in [-0.25, -0.2) is 36.5 Å². The summed E-state index contributed by atoms with van der Waals surface area (Å²) < 4.78 is 87.9. The number of sulfonamides is 2. The first kappa shape index (κ1) is 38.4. The van der Waals surface area contributed by atoms with Crippen LogP contribution in [0.4, 0.5) is 13.2 Å². The van der Waals surface area contributed by atoms with Crippen molar-refractivity contribution in [2.75, 3.05) is 0 Å². The molecule has 5 aromatic carbocycles. The number of hydrogen-bond acceptors (Lipinski definition) is 6. The quantitative estimate of drug-likeness (QED) is 0.165. The van der Waals surface area contributed by atoms with Gasteiger partial charge in [0.25, 0.3) is 0 Å². The van der Waals surface area contributed by atoms with Crippen molar-refractivity contribution in [2.24, 2.45) is 10.3 Å². The molecule has 0 aliphatic carbocycles. The van der Waals surface area contributed by atoms with Crippen LogP contribution in [0.3, 0.4) is 0 Å².